The molecule has 2 N–H and O–H groups in total. The van der Waals surface area contributed by atoms with Crippen molar-refractivity contribution in [3.8, 4) is 0 Å². The number of hydrogen-bond acceptors (Lipinski definition) is 6. The predicted octanol–water partition coefficient (Wildman–Crippen LogP) is 2.51. The van der Waals surface area contributed by atoms with Crippen molar-refractivity contribution in [3.63, 3.8) is 0 Å². The Labute approximate surface area is 115 Å². The zero-order valence-electron chi connectivity index (χ0n) is 10.0. The molecule has 0 aliphatic carbocycles. The molecule has 0 amide bonds. The van der Waals surface area contributed by atoms with Gasteiger partial charge in [0.05, 0.1) is 0 Å². The minimum atomic E-state index is 0.523. The van der Waals surface area contributed by atoms with Crippen LogP contribution in [0, 0.1) is 0 Å². The van der Waals surface area contributed by atoms with Gasteiger partial charge in [-0.15, -0.1) is 11.8 Å². The van der Waals surface area contributed by atoms with E-state index in [-0.39, 0.29) is 0 Å². The van der Waals surface area contributed by atoms with E-state index in [9.17, 15) is 0 Å². The van der Waals surface area contributed by atoms with Gasteiger partial charge in [0.2, 0.25) is 0 Å². The highest BCUT2D eigenvalue weighted by Crippen LogP contribution is 2.20. The van der Waals surface area contributed by atoms with Crippen molar-refractivity contribution >= 4 is 29.3 Å². The molecule has 0 saturated carbocycles. The Kier molecular flexibility index (Phi) is 4.83. The summed E-state index contributed by atoms with van der Waals surface area (Å²) in [6.07, 6.45) is 4.69. The fourth-order valence-corrected chi connectivity index (χ4v) is 2.68. The third-order valence-electron chi connectivity index (χ3n) is 2.23. The summed E-state index contributed by atoms with van der Waals surface area (Å²) in [4.78, 5) is 12.9. The van der Waals surface area contributed by atoms with Crippen LogP contribution in [0.1, 0.15) is 5.69 Å². The minimum absolute atomic E-state index is 0.523. The van der Waals surface area contributed by atoms with Gasteiger partial charge in [-0.1, -0.05) is 17.8 Å². The Hall–Kier alpha value is -1.27. The standard InChI is InChI=1S/C12H14N4S2/c1-17-11-8-10(13)15-12(16-11)18-7-5-9-4-2-3-6-14-9/h2-4,6,8H,5,7H2,1H3,(H2,13,15,16). The van der Waals surface area contributed by atoms with Crippen molar-refractivity contribution in [2.45, 2.75) is 16.6 Å². The summed E-state index contributed by atoms with van der Waals surface area (Å²) in [6.45, 7) is 0. The number of thioether (sulfide) groups is 2. The molecule has 0 saturated heterocycles. The smallest absolute Gasteiger partial charge is 0.190 e. The third-order valence-corrected chi connectivity index (χ3v) is 3.70. The van der Waals surface area contributed by atoms with E-state index in [0.717, 1.165) is 28.0 Å². The molecule has 18 heavy (non-hydrogen) atoms. The molecule has 0 unspecified atom stereocenters. The van der Waals surface area contributed by atoms with E-state index in [4.69, 9.17) is 5.73 Å². The molecule has 2 rings (SSSR count). The number of anilines is 1. The number of aromatic nitrogens is 3. The van der Waals surface area contributed by atoms with Crippen molar-refractivity contribution in [1.82, 2.24) is 15.0 Å². The summed E-state index contributed by atoms with van der Waals surface area (Å²) in [6, 6.07) is 7.72. The summed E-state index contributed by atoms with van der Waals surface area (Å²) in [5, 5.41) is 1.64. The lowest BCUT2D eigenvalue weighted by Gasteiger charge is -2.03. The van der Waals surface area contributed by atoms with Gasteiger partial charge in [-0.2, -0.15) is 0 Å². The second-order valence-electron chi connectivity index (χ2n) is 3.54. The molecule has 0 fully saturated rings. The molecule has 2 aromatic rings. The first-order valence-corrected chi connectivity index (χ1v) is 7.70. The average molecular weight is 278 g/mol. The van der Waals surface area contributed by atoms with Crippen LogP contribution < -0.4 is 5.73 Å². The van der Waals surface area contributed by atoms with Crippen LogP contribution in [0.4, 0.5) is 5.82 Å². The van der Waals surface area contributed by atoms with Gasteiger partial charge >= 0.3 is 0 Å². The number of hydrogen-bond donors (Lipinski definition) is 1. The fourth-order valence-electron chi connectivity index (χ4n) is 1.38. The Balaban J connectivity index is 1.92. The molecule has 0 radical (unpaired) electrons. The van der Waals surface area contributed by atoms with Crippen molar-refractivity contribution in [2.24, 2.45) is 0 Å². The predicted molar refractivity (Wildman–Crippen MR) is 76.9 cm³/mol. The Morgan fingerprint density at radius 3 is 2.89 bits per heavy atom. The molecule has 0 spiro atoms. The van der Waals surface area contributed by atoms with Gasteiger partial charge in [0, 0.05) is 23.7 Å². The van der Waals surface area contributed by atoms with Gasteiger partial charge in [-0.05, 0) is 24.8 Å². The highest BCUT2D eigenvalue weighted by Gasteiger charge is 2.03. The quantitative estimate of drug-likeness (QED) is 0.515. The number of nitrogens with two attached hydrogens (primary N) is 1. The normalized spacial score (nSPS) is 10.5. The topological polar surface area (TPSA) is 64.7 Å². The number of nitrogens with zero attached hydrogens (tertiary/aromatic N) is 3. The van der Waals surface area contributed by atoms with Gasteiger partial charge in [0.25, 0.3) is 0 Å². The molecule has 2 aromatic heterocycles. The number of aryl methyl sites for hydroxylation is 1. The Bertz CT molecular complexity index is 505. The van der Waals surface area contributed by atoms with Gasteiger partial charge < -0.3 is 5.73 Å². The van der Waals surface area contributed by atoms with Crippen LogP contribution in [0.2, 0.25) is 0 Å². The number of rotatable bonds is 5. The van der Waals surface area contributed by atoms with Crippen molar-refractivity contribution in [1.29, 1.82) is 0 Å². The van der Waals surface area contributed by atoms with Crippen LogP contribution in [-0.2, 0) is 6.42 Å². The zero-order chi connectivity index (χ0) is 12.8. The molecule has 6 heteroatoms. The van der Waals surface area contributed by atoms with E-state index >= 15 is 0 Å². The highest BCUT2D eigenvalue weighted by atomic mass is 32.2. The van der Waals surface area contributed by atoms with Gasteiger partial charge in [-0.3, -0.25) is 4.98 Å². The molecule has 0 aromatic carbocycles. The van der Waals surface area contributed by atoms with Crippen LogP contribution in [-0.4, -0.2) is 27.0 Å². The molecule has 94 valence electrons. The molecule has 0 bridgehead atoms. The van der Waals surface area contributed by atoms with Crippen molar-refractivity contribution in [3.05, 3.63) is 36.2 Å². The van der Waals surface area contributed by atoms with Crippen LogP contribution >= 0.6 is 23.5 Å². The maximum absolute atomic E-state index is 5.73. The largest absolute Gasteiger partial charge is 0.384 e. The average Bonchev–Trinajstić information content (AvgIpc) is 2.39. The van der Waals surface area contributed by atoms with E-state index in [0.29, 0.717) is 5.82 Å². The first-order valence-electron chi connectivity index (χ1n) is 5.49. The summed E-state index contributed by atoms with van der Waals surface area (Å²) in [7, 11) is 0. The van der Waals surface area contributed by atoms with Crippen LogP contribution in [0.5, 0.6) is 0 Å². The second kappa shape index (κ2) is 6.61. The van der Waals surface area contributed by atoms with E-state index in [1.165, 1.54) is 0 Å². The molecule has 0 aliphatic rings. The van der Waals surface area contributed by atoms with E-state index in [1.807, 2.05) is 30.7 Å². The monoisotopic (exact) mass is 278 g/mol. The molecule has 0 aliphatic heterocycles. The minimum Gasteiger partial charge on any atom is -0.384 e. The molecular formula is C12H14N4S2. The van der Waals surface area contributed by atoms with E-state index in [2.05, 4.69) is 15.0 Å². The van der Waals surface area contributed by atoms with E-state index in [1.54, 1.807) is 29.6 Å². The second-order valence-corrected chi connectivity index (χ2v) is 5.43. The first-order chi connectivity index (χ1) is 8.78. The van der Waals surface area contributed by atoms with Gasteiger partial charge in [0.15, 0.2) is 5.16 Å². The maximum Gasteiger partial charge on any atom is 0.190 e. The summed E-state index contributed by atoms with van der Waals surface area (Å²) in [5.74, 6) is 1.42. The lowest BCUT2D eigenvalue weighted by Crippen LogP contribution is -1.98. The molecular weight excluding hydrogens is 264 g/mol. The first kappa shape index (κ1) is 13.2. The Morgan fingerprint density at radius 1 is 1.28 bits per heavy atom. The van der Waals surface area contributed by atoms with Gasteiger partial charge in [0.1, 0.15) is 10.8 Å². The molecule has 4 nitrogen and oxygen atoms in total. The van der Waals surface area contributed by atoms with Crippen LogP contribution in [0.25, 0.3) is 0 Å². The summed E-state index contributed by atoms with van der Waals surface area (Å²) >= 11 is 3.17. The SMILES string of the molecule is CSc1cc(N)nc(SCCc2ccccn2)n1. The summed E-state index contributed by atoms with van der Waals surface area (Å²) < 4.78 is 0. The van der Waals surface area contributed by atoms with Gasteiger partial charge in [-0.25, -0.2) is 9.97 Å². The highest BCUT2D eigenvalue weighted by molar-refractivity contribution is 7.99. The van der Waals surface area contributed by atoms with Crippen molar-refractivity contribution in [2.75, 3.05) is 17.7 Å². The third kappa shape index (κ3) is 3.89. The lowest BCUT2D eigenvalue weighted by atomic mass is 10.3. The van der Waals surface area contributed by atoms with Crippen molar-refractivity contribution < 1.29 is 0 Å². The van der Waals surface area contributed by atoms with Crippen LogP contribution in [0.15, 0.2) is 40.6 Å². The molecule has 2 heterocycles. The molecule has 0 atom stereocenters. The van der Waals surface area contributed by atoms with E-state index < -0.39 is 0 Å². The fraction of sp³-hybridized carbons (Fsp3) is 0.250. The zero-order valence-corrected chi connectivity index (χ0v) is 11.7. The lowest BCUT2D eigenvalue weighted by molar-refractivity contribution is 0.898. The summed E-state index contributed by atoms with van der Waals surface area (Å²) in [5.41, 5.74) is 6.81. The number of nitrogen functional groups attached to an aromatic ring is 1. The Morgan fingerprint density at radius 2 is 2.17 bits per heavy atom. The van der Waals surface area contributed by atoms with Crippen LogP contribution in [0.3, 0.4) is 0 Å². The maximum atomic E-state index is 5.73. The number of pyridine rings is 1.